The van der Waals surface area contributed by atoms with Gasteiger partial charge in [0.2, 0.25) is 0 Å². The van der Waals surface area contributed by atoms with Crippen LogP contribution in [-0.4, -0.2) is 15.6 Å². The van der Waals surface area contributed by atoms with Crippen LogP contribution in [0.15, 0.2) is 12.1 Å². The number of carbonyl (C=O) groups excluding carboxylic acids is 1. The Labute approximate surface area is 134 Å². The number of alkyl halides is 3. The monoisotopic (exact) mass is 342 g/mol. The number of Topliss-reactive ketones (excluding diaryl/α,β-unsaturated/α-hetero) is 1. The molecule has 0 amide bonds. The predicted octanol–water partition coefficient (Wildman–Crippen LogP) is 3.51. The number of hydrogen-bond acceptors (Lipinski definition) is 4. The Balaban J connectivity index is 2.74. The van der Waals surface area contributed by atoms with Crippen LogP contribution < -0.4 is 5.73 Å². The van der Waals surface area contributed by atoms with E-state index in [-0.39, 0.29) is 33.3 Å². The van der Waals surface area contributed by atoms with E-state index in [2.05, 4.69) is 5.10 Å². The number of nitrogens with zero attached hydrogens (tertiary/aromatic N) is 3. The molecule has 5 nitrogen and oxygen atoms in total. The first-order valence-electron chi connectivity index (χ1n) is 6.25. The zero-order chi connectivity index (χ0) is 17.5. The number of nitrogens with two attached hydrogens (primary N) is 1. The molecule has 2 N–H and O–H groups in total. The lowest BCUT2D eigenvalue weighted by Gasteiger charge is -2.14. The van der Waals surface area contributed by atoms with Gasteiger partial charge >= 0.3 is 6.18 Å². The van der Waals surface area contributed by atoms with Gasteiger partial charge in [-0.05, 0) is 31.5 Å². The highest BCUT2D eigenvalue weighted by atomic mass is 35.5. The van der Waals surface area contributed by atoms with Crippen LogP contribution in [-0.2, 0) is 6.18 Å². The van der Waals surface area contributed by atoms with Crippen LogP contribution >= 0.6 is 11.6 Å². The maximum atomic E-state index is 12.8. The van der Waals surface area contributed by atoms with Gasteiger partial charge in [-0.1, -0.05) is 11.6 Å². The zero-order valence-corrected chi connectivity index (χ0v) is 12.7. The van der Waals surface area contributed by atoms with Gasteiger partial charge in [-0.15, -0.1) is 0 Å². The van der Waals surface area contributed by atoms with E-state index in [1.165, 1.54) is 13.8 Å². The van der Waals surface area contributed by atoms with Gasteiger partial charge in [-0.25, -0.2) is 4.68 Å². The van der Waals surface area contributed by atoms with Gasteiger partial charge in [0, 0.05) is 0 Å². The molecular weight excluding hydrogens is 333 g/mol. The second kappa shape index (κ2) is 5.59. The minimum absolute atomic E-state index is 0.0844. The molecule has 0 bridgehead atoms. The maximum Gasteiger partial charge on any atom is 0.416 e. The molecule has 0 aliphatic rings. The van der Waals surface area contributed by atoms with Crippen molar-refractivity contribution in [3.8, 4) is 11.8 Å². The van der Waals surface area contributed by atoms with E-state index in [1.807, 2.05) is 0 Å². The van der Waals surface area contributed by atoms with Crippen LogP contribution in [0.3, 0.4) is 0 Å². The SMILES string of the molecule is CC(=O)c1c(C#N)nn(-c2c(C)cc(C(F)(F)F)cc2Cl)c1N. The molecule has 1 aromatic carbocycles. The van der Waals surface area contributed by atoms with Crippen molar-refractivity contribution in [2.75, 3.05) is 5.73 Å². The van der Waals surface area contributed by atoms with Crippen molar-refractivity contribution in [2.24, 2.45) is 0 Å². The van der Waals surface area contributed by atoms with Crippen LogP contribution in [0.2, 0.25) is 5.02 Å². The first-order chi connectivity index (χ1) is 10.6. The van der Waals surface area contributed by atoms with Gasteiger partial charge in [-0.3, -0.25) is 4.79 Å². The first kappa shape index (κ1) is 16.8. The summed E-state index contributed by atoms with van der Waals surface area (Å²) in [5.41, 5.74) is 4.83. The molecule has 120 valence electrons. The summed E-state index contributed by atoms with van der Waals surface area (Å²) in [6.07, 6.45) is -4.55. The number of halogens is 4. The summed E-state index contributed by atoms with van der Waals surface area (Å²) in [6, 6.07) is 3.36. The van der Waals surface area contributed by atoms with Crippen molar-refractivity contribution in [1.29, 1.82) is 5.26 Å². The Bertz CT molecular complexity index is 826. The highest BCUT2D eigenvalue weighted by Crippen LogP contribution is 2.36. The molecule has 0 saturated carbocycles. The number of aryl methyl sites for hydroxylation is 1. The summed E-state index contributed by atoms with van der Waals surface area (Å²) >= 11 is 5.95. The van der Waals surface area contributed by atoms with Gasteiger partial charge in [0.25, 0.3) is 0 Å². The van der Waals surface area contributed by atoms with E-state index >= 15 is 0 Å². The standard InChI is InChI=1S/C14H10ClF3N4O/c1-6-3-8(14(16,17)18)4-9(15)12(6)22-13(20)11(7(2)23)10(5-19)21-22/h3-4H,20H2,1-2H3. The smallest absolute Gasteiger partial charge is 0.383 e. The molecule has 0 aliphatic heterocycles. The molecule has 1 heterocycles. The number of nitrogen functional groups attached to an aromatic ring is 1. The van der Waals surface area contributed by atoms with Gasteiger partial charge < -0.3 is 5.73 Å². The van der Waals surface area contributed by atoms with Crippen molar-refractivity contribution < 1.29 is 18.0 Å². The highest BCUT2D eigenvalue weighted by Gasteiger charge is 2.32. The second-order valence-corrected chi connectivity index (χ2v) is 5.22. The van der Waals surface area contributed by atoms with Crippen LogP contribution in [0, 0.1) is 18.3 Å². The lowest BCUT2D eigenvalue weighted by molar-refractivity contribution is -0.137. The second-order valence-electron chi connectivity index (χ2n) is 4.81. The molecule has 0 radical (unpaired) electrons. The molecule has 0 unspecified atom stereocenters. The molecule has 1 aromatic heterocycles. The number of nitriles is 1. The molecule has 9 heteroatoms. The van der Waals surface area contributed by atoms with Gasteiger partial charge in [-0.2, -0.15) is 23.5 Å². The number of anilines is 1. The van der Waals surface area contributed by atoms with Crippen LogP contribution in [0.1, 0.15) is 34.1 Å². The molecule has 0 aliphatic carbocycles. The van der Waals surface area contributed by atoms with Crippen molar-refractivity contribution in [3.05, 3.63) is 39.5 Å². The number of benzene rings is 1. The van der Waals surface area contributed by atoms with Crippen LogP contribution in [0.4, 0.5) is 19.0 Å². The maximum absolute atomic E-state index is 12.8. The normalized spacial score (nSPS) is 11.3. The Morgan fingerprint density at radius 2 is 2.04 bits per heavy atom. The zero-order valence-electron chi connectivity index (χ0n) is 12.0. The van der Waals surface area contributed by atoms with E-state index in [0.717, 1.165) is 16.8 Å². The van der Waals surface area contributed by atoms with Gasteiger partial charge in [0.05, 0.1) is 21.8 Å². The number of hydrogen-bond donors (Lipinski definition) is 1. The summed E-state index contributed by atoms with van der Waals surface area (Å²) in [5, 5.41) is 12.7. The molecule has 2 rings (SSSR count). The van der Waals surface area contributed by atoms with Crippen LogP contribution in [0.25, 0.3) is 5.69 Å². The topological polar surface area (TPSA) is 84.7 Å². The highest BCUT2D eigenvalue weighted by molar-refractivity contribution is 6.32. The predicted molar refractivity (Wildman–Crippen MR) is 77.4 cm³/mol. The molecule has 23 heavy (non-hydrogen) atoms. The number of aromatic nitrogens is 2. The fraction of sp³-hybridized carbons (Fsp3) is 0.214. The average Bonchev–Trinajstić information content (AvgIpc) is 2.74. The van der Waals surface area contributed by atoms with Crippen molar-refractivity contribution in [2.45, 2.75) is 20.0 Å². The molecular formula is C14H10ClF3N4O. The lowest BCUT2D eigenvalue weighted by Crippen LogP contribution is -2.10. The third-order valence-corrected chi connectivity index (χ3v) is 3.46. The molecule has 0 atom stereocenters. The number of rotatable bonds is 2. The minimum atomic E-state index is -4.55. The molecule has 0 fully saturated rings. The summed E-state index contributed by atoms with van der Waals surface area (Å²) in [7, 11) is 0. The fourth-order valence-electron chi connectivity index (χ4n) is 2.20. The Hall–Kier alpha value is -2.53. The lowest BCUT2D eigenvalue weighted by atomic mass is 10.1. The van der Waals surface area contributed by atoms with Crippen molar-refractivity contribution in [1.82, 2.24) is 9.78 Å². The average molecular weight is 343 g/mol. The van der Waals surface area contributed by atoms with Gasteiger partial charge in [0.1, 0.15) is 11.9 Å². The third kappa shape index (κ3) is 2.87. The van der Waals surface area contributed by atoms with E-state index in [0.29, 0.717) is 0 Å². The van der Waals surface area contributed by atoms with Crippen molar-refractivity contribution in [3.63, 3.8) is 0 Å². The summed E-state index contributed by atoms with van der Waals surface area (Å²) in [6.45, 7) is 2.61. The van der Waals surface area contributed by atoms with Crippen LogP contribution in [0.5, 0.6) is 0 Å². The largest absolute Gasteiger partial charge is 0.416 e. The first-order valence-corrected chi connectivity index (χ1v) is 6.63. The van der Waals surface area contributed by atoms with Gasteiger partial charge in [0.15, 0.2) is 11.5 Å². The fourth-order valence-corrected chi connectivity index (χ4v) is 2.54. The Morgan fingerprint density at radius 1 is 1.43 bits per heavy atom. The van der Waals surface area contributed by atoms with E-state index in [4.69, 9.17) is 22.6 Å². The number of carbonyl (C=O) groups is 1. The summed E-state index contributed by atoms with van der Waals surface area (Å²) in [4.78, 5) is 11.6. The van der Waals surface area contributed by atoms with E-state index in [1.54, 1.807) is 6.07 Å². The third-order valence-electron chi connectivity index (χ3n) is 3.17. The quantitative estimate of drug-likeness (QED) is 0.846. The Morgan fingerprint density at radius 3 is 2.43 bits per heavy atom. The minimum Gasteiger partial charge on any atom is -0.383 e. The molecule has 2 aromatic rings. The molecule has 0 spiro atoms. The number of ketones is 1. The van der Waals surface area contributed by atoms with E-state index in [9.17, 15) is 18.0 Å². The summed E-state index contributed by atoms with van der Waals surface area (Å²) < 4.78 is 39.4. The van der Waals surface area contributed by atoms with Crippen molar-refractivity contribution >= 4 is 23.2 Å². The molecule has 0 saturated heterocycles. The summed E-state index contributed by atoms with van der Waals surface area (Å²) in [5.74, 6) is -0.634. The van der Waals surface area contributed by atoms with E-state index < -0.39 is 17.5 Å². The Kier molecular flexibility index (Phi) is 4.09.